The Morgan fingerprint density at radius 3 is 2.20 bits per heavy atom. The van der Waals surface area contributed by atoms with Gasteiger partial charge in [-0.1, -0.05) is 17.7 Å². The van der Waals surface area contributed by atoms with E-state index in [-0.39, 0.29) is 5.92 Å². The Hall–Kier alpha value is -1.19. The standard InChI is InChI=1S/C17H23NO2/c1-10-4-11(2)16(12(3)5-10)17(19)13-6-14-8-20-9-15(7-13)18-14/h4-5,13-15,18H,6-9H2,1-3H3. The third-order valence-corrected chi connectivity index (χ3v) is 4.54. The van der Waals surface area contributed by atoms with Crippen LogP contribution in [0.4, 0.5) is 0 Å². The largest absolute Gasteiger partial charge is 0.378 e. The van der Waals surface area contributed by atoms with Gasteiger partial charge in [-0.2, -0.15) is 0 Å². The molecule has 2 aliphatic rings. The number of Topliss-reactive ketones (excluding diaryl/α,β-unsaturated/α-hetero) is 1. The first-order chi connectivity index (χ1) is 9.54. The van der Waals surface area contributed by atoms with Crippen molar-refractivity contribution in [2.24, 2.45) is 5.92 Å². The molecule has 1 aromatic rings. The molecule has 2 saturated heterocycles. The van der Waals surface area contributed by atoms with Gasteiger partial charge in [0.25, 0.3) is 0 Å². The molecule has 0 amide bonds. The van der Waals surface area contributed by atoms with E-state index in [1.54, 1.807) is 0 Å². The summed E-state index contributed by atoms with van der Waals surface area (Å²) in [6, 6.07) is 4.93. The predicted octanol–water partition coefficient (Wildman–Crippen LogP) is 2.56. The van der Waals surface area contributed by atoms with Crippen LogP contribution in [0, 0.1) is 26.7 Å². The fourth-order valence-corrected chi connectivity index (χ4v) is 3.82. The maximum absolute atomic E-state index is 12.9. The lowest BCUT2D eigenvalue weighted by atomic mass is 9.80. The number of benzene rings is 1. The van der Waals surface area contributed by atoms with Gasteiger partial charge in [-0.15, -0.1) is 0 Å². The fraction of sp³-hybridized carbons (Fsp3) is 0.588. The van der Waals surface area contributed by atoms with E-state index in [9.17, 15) is 4.79 Å². The van der Waals surface area contributed by atoms with Crippen molar-refractivity contribution in [3.05, 3.63) is 34.4 Å². The third-order valence-electron chi connectivity index (χ3n) is 4.54. The molecule has 108 valence electrons. The number of rotatable bonds is 2. The first kappa shape index (κ1) is 13.8. The number of aryl methyl sites for hydroxylation is 3. The molecule has 0 spiro atoms. The van der Waals surface area contributed by atoms with Gasteiger partial charge >= 0.3 is 0 Å². The van der Waals surface area contributed by atoms with Crippen LogP contribution in [0.25, 0.3) is 0 Å². The highest BCUT2D eigenvalue weighted by atomic mass is 16.5. The number of hydrogen-bond acceptors (Lipinski definition) is 3. The molecule has 0 saturated carbocycles. The summed E-state index contributed by atoms with van der Waals surface area (Å²) in [5.41, 5.74) is 4.41. The highest BCUT2D eigenvalue weighted by Gasteiger charge is 2.36. The molecule has 0 aliphatic carbocycles. The van der Waals surface area contributed by atoms with Gasteiger partial charge in [-0.05, 0) is 44.7 Å². The maximum Gasteiger partial charge on any atom is 0.166 e. The van der Waals surface area contributed by atoms with Gasteiger partial charge < -0.3 is 10.1 Å². The van der Waals surface area contributed by atoms with E-state index in [0.717, 1.165) is 42.7 Å². The van der Waals surface area contributed by atoms with Crippen LogP contribution in [-0.4, -0.2) is 31.1 Å². The molecule has 0 radical (unpaired) electrons. The van der Waals surface area contributed by atoms with Crippen molar-refractivity contribution in [3.63, 3.8) is 0 Å². The minimum Gasteiger partial charge on any atom is -0.378 e. The molecule has 2 unspecified atom stereocenters. The summed E-state index contributed by atoms with van der Waals surface area (Å²) in [7, 11) is 0. The van der Waals surface area contributed by atoms with E-state index in [0.29, 0.717) is 17.9 Å². The molecule has 1 aromatic carbocycles. The summed E-state index contributed by atoms with van der Waals surface area (Å²) >= 11 is 0. The van der Waals surface area contributed by atoms with Crippen molar-refractivity contribution in [1.82, 2.24) is 5.32 Å². The smallest absolute Gasteiger partial charge is 0.166 e. The highest BCUT2D eigenvalue weighted by Crippen LogP contribution is 2.29. The van der Waals surface area contributed by atoms with E-state index < -0.39 is 0 Å². The van der Waals surface area contributed by atoms with Gasteiger partial charge in [0.1, 0.15) is 0 Å². The minimum absolute atomic E-state index is 0.148. The average Bonchev–Trinajstić information content (AvgIpc) is 2.36. The Kier molecular flexibility index (Phi) is 3.65. The van der Waals surface area contributed by atoms with E-state index >= 15 is 0 Å². The quantitative estimate of drug-likeness (QED) is 0.842. The van der Waals surface area contributed by atoms with E-state index in [2.05, 4.69) is 38.2 Å². The van der Waals surface area contributed by atoms with E-state index in [1.807, 2.05) is 0 Å². The van der Waals surface area contributed by atoms with Crippen molar-refractivity contribution in [3.8, 4) is 0 Å². The molecule has 2 aliphatic heterocycles. The lowest BCUT2D eigenvalue weighted by Crippen LogP contribution is -2.55. The van der Waals surface area contributed by atoms with Gasteiger partial charge in [-0.25, -0.2) is 0 Å². The number of morpholine rings is 1. The molecule has 3 heteroatoms. The Bertz CT molecular complexity index is 503. The molecule has 2 atom stereocenters. The number of fused-ring (bicyclic) bond motifs is 2. The summed E-state index contributed by atoms with van der Waals surface area (Å²) in [6.45, 7) is 7.68. The predicted molar refractivity (Wildman–Crippen MR) is 79.2 cm³/mol. The topological polar surface area (TPSA) is 38.3 Å². The van der Waals surface area contributed by atoms with Crippen molar-refractivity contribution in [2.75, 3.05) is 13.2 Å². The van der Waals surface area contributed by atoms with Crippen molar-refractivity contribution < 1.29 is 9.53 Å². The minimum atomic E-state index is 0.148. The molecule has 3 nitrogen and oxygen atoms in total. The fourth-order valence-electron chi connectivity index (χ4n) is 3.82. The van der Waals surface area contributed by atoms with Crippen molar-refractivity contribution in [2.45, 2.75) is 45.7 Å². The number of piperidine rings is 1. The van der Waals surface area contributed by atoms with Crippen LogP contribution in [0.5, 0.6) is 0 Å². The van der Waals surface area contributed by atoms with Crippen LogP contribution < -0.4 is 5.32 Å². The number of hydrogen-bond donors (Lipinski definition) is 1. The Morgan fingerprint density at radius 2 is 1.65 bits per heavy atom. The van der Waals surface area contributed by atoms with Gasteiger partial charge in [0.2, 0.25) is 0 Å². The molecule has 2 heterocycles. The first-order valence-electron chi connectivity index (χ1n) is 7.50. The molecule has 2 bridgehead atoms. The highest BCUT2D eigenvalue weighted by molar-refractivity contribution is 6.00. The second-order valence-electron chi connectivity index (χ2n) is 6.40. The molecular weight excluding hydrogens is 250 g/mol. The molecule has 3 rings (SSSR count). The monoisotopic (exact) mass is 273 g/mol. The van der Waals surface area contributed by atoms with Gasteiger partial charge in [-0.3, -0.25) is 4.79 Å². The second-order valence-corrected chi connectivity index (χ2v) is 6.40. The summed E-state index contributed by atoms with van der Waals surface area (Å²) in [5.74, 6) is 0.480. The van der Waals surface area contributed by atoms with Crippen LogP contribution in [0.15, 0.2) is 12.1 Å². The van der Waals surface area contributed by atoms with Crippen LogP contribution in [-0.2, 0) is 4.74 Å². The van der Waals surface area contributed by atoms with E-state index in [4.69, 9.17) is 4.74 Å². The zero-order valence-electron chi connectivity index (χ0n) is 12.5. The normalized spacial score (nSPS) is 29.2. The summed E-state index contributed by atoms with van der Waals surface area (Å²) in [4.78, 5) is 12.9. The molecule has 2 fully saturated rings. The lowest BCUT2D eigenvalue weighted by molar-refractivity contribution is 0.00950. The second kappa shape index (κ2) is 5.30. The summed E-state index contributed by atoms with van der Waals surface area (Å²) in [6.07, 6.45) is 1.81. The number of nitrogens with one attached hydrogen (secondary N) is 1. The average molecular weight is 273 g/mol. The first-order valence-corrected chi connectivity index (χ1v) is 7.50. The Balaban J connectivity index is 1.86. The maximum atomic E-state index is 12.9. The Morgan fingerprint density at radius 1 is 1.10 bits per heavy atom. The summed E-state index contributed by atoms with van der Waals surface area (Å²) in [5, 5.41) is 3.55. The van der Waals surface area contributed by atoms with Crippen LogP contribution in [0.3, 0.4) is 0 Å². The number of carbonyl (C=O) groups is 1. The van der Waals surface area contributed by atoms with Gasteiger partial charge in [0.15, 0.2) is 5.78 Å². The SMILES string of the molecule is Cc1cc(C)c(C(=O)C2CC3COCC(C2)N3)c(C)c1. The zero-order chi connectivity index (χ0) is 14.3. The molecule has 0 aromatic heterocycles. The van der Waals surface area contributed by atoms with Crippen LogP contribution in [0.2, 0.25) is 0 Å². The molecule has 20 heavy (non-hydrogen) atoms. The third kappa shape index (κ3) is 2.52. The Labute approximate surface area is 120 Å². The van der Waals surface area contributed by atoms with Crippen molar-refractivity contribution in [1.29, 1.82) is 0 Å². The number of ether oxygens (including phenoxy) is 1. The van der Waals surface area contributed by atoms with Crippen LogP contribution >= 0.6 is 0 Å². The van der Waals surface area contributed by atoms with Crippen LogP contribution in [0.1, 0.15) is 39.9 Å². The lowest BCUT2D eigenvalue weighted by Gasteiger charge is -2.39. The summed E-state index contributed by atoms with van der Waals surface area (Å²) < 4.78 is 5.56. The molecule has 1 N–H and O–H groups in total. The number of carbonyl (C=O) groups excluding carboxylic acids is 1. The van der Waals surface area contributed by atoms with E-state index in [1.165, 1.54) is 5.56 Å². The van der Waals surface area contributed by atoms with Gasteiger partial charge in [0.05, 0.1) is 13.2 Å². The van der Waals surface area contributed by atoms with Crippen molar-refractivity contribution >= 4 is 5.78 Å². The molecular formula is C17H23NO2. The number of ketones is 1. The van der Waals surface area contributed by atoms with Gasteiger partial charge in [0, 0.05) is 23.6 Å². The zero-order valence-corrected chi connectivity index (χ0v) is 12.5.